The molecule has 4 N–H and O–H groups in total. The van der Waals surface area contributed by atoms with Crippen LogP contribution in [0.2, 0.25) is 0 Å². The van der Waals surface area contributed by atoms with E-state index < -0.39 is 18.2 Å². The minimum absolute atomic E-state index is 0.0331. The van der Waals surface area contributed by atoms with Crippen molar-refractivity contribution in [3.63, 3.8) is 0 Å². The molecule has 0 saturated carbocycles. The van der Waals surface area contributed by atoms with E-state index in [1.54, 1.807) is 30.6 Å². The van der Waals surface area contributed by atoms with Gasteiger partial charge in [0.05, 0.1) is 5.69 Å². The van der Waals surface area contributed by atoms with E-state index in [0.717, 1.165) is 22.3 Å². The monoisotopic (exact) mass is 542 g/mol. The number of urea groups is 1. The third-order valence-electron chi connectivity index (χ3n) is 5.12. The van der Waals surface area contributed by atoms with Crippen LogP contribution in [0.25, 0.3) is 22.3 Å². The number of halogens is 3. The summed E-state index contributed by atoms with van der Waals surface area (Å²) in [7, 11) is 1.94. The van der Waals surface area contributed by atoms with Gasteiger partial charge in [-0.05, 0) is 50.2 Å². The summed E-state index contributed by atoms with van der Waals surface area (Å²) in [6, 6.07) is 15.9. The van der Waals surface area contributed by atoms with Crippen LogP contribution in [0, 0.1) is 0 Å². The molecule has 0 unspecified atom stereocenters. The molecule has 204 valence electrons. The van der Waals surface area contributed by atoms with Crippen molar-refractivity contribution in [2.45, 2.75) is 26.1 Å². The predicted molar refractivity (Wildman–Crippen MR) is 139 cm³/mol. The van der Waals surface area contributed by atoms with Crippen molar-refractivity contribution in [2.75, 3.05) is 10.6 Å². The average molecular weight is 543 g/mol. The number of carbonyl (C=O) groups is 3. The number of fused-ring (bicyclic) bond motifs is 1. The van der Waals surface area contributed by atoms with Crippen LogP contribution in [-0.4, -0.2) is 49.8 Å². The first-order valence-electron chi connectivity index (χ1n) is 11.5. The molecular formula is C26H25F3N6O4. The summed E-state index contributed by atoms with van der Waals surface area (Å²) >= 11 is 0. The van der Waals surface area contributed by atoms with E-state index >= 15 is 0 Å². The molecule has 4 aromatic rings. The van der Waals surface area contributed by atoms with Crippen LogP contribution in [0.5, 0.6) is 0 Å². The Morgan fingerprint density at radius 2 is 1.59 bits per heavy atom. The molecule has 39 heavy (non-hydrogen) atoms. The van der Waals surface area contributed by atoms with E-state index in [2.05, 4.69) is 25.9 Å². The lowest BCUT2D eigenvalue weighted by Gasteiger charge is -2.11. The Morgan fingerprint density at radius 1 is 0.949 bits per heavy atom. The third-order valence-corrected chi connectivity index (χ3v) is 5.12. The molecule has 10 nitrogen and oxygen atoms in total. The molecule has 0 aliphatic carbocycles. The number of nitrogens with zero attached hydrogens (tertiary/aromatic N) is 3. The fourth-order valence-electron chi connectivity index (χ4n) is 3.40. The highest BCUT2D eigenvalue weighted by molar-refractivity contribution is 6.01. The molecule has 2 aromatic heterocycles. The number of carboxylic acids is 1. The SMILES string of the molecule is CC(C)NC(=O)c1cccc(NC(=O)Nc2ccc(-c3ncnc4c3ccn4C)cc2)c1.O=C(O)C(F)(F)F. The molecule has 3 amide bonds. The van der Waals surface area contributed by atoms with Gasteiger partial charge in [0.25, 0.3) is 5.91 Å². The van der Waals surface area contributed by atoms with Gasteiger partial charge in [-0.3, -0.25) is 4.79 Å². The summed E-state index contributed by atoms with van der Waals surface area (Å²) in [5.41, 5.74) is 4.28. The number of alkyl halides is 3. The summed E-state index contributed by atoms with van der Waals surface area (Å²) in [6.07, 6.45) is -1.59. The Labute approximate surface area is 220 Å². The maximum Gasteiger partial charge on any atom is 0.490 e. The van der Waals surface area contributed by atoms with Crippen LogP contribution < -0.4 is 16.0 Å². The van der Waals surface area contributed by atoms with Crippen molar-refractivity contribution < 1.29 is 32.7 Å². The fourth-order valence-corrected chi connectivity index (χ4v) is 3.40. The van der Waals surface area contributed by atoms with Gasteiger partial charge in [-0.15, -0.1) is 0 Å². The number of nitrogens with one attached hydrogen (secondary N) is 3. The van der Waals surface area contributed by atoms with Crippen LogP contribution >= 0.6 is 0 Å². The van der Waals surface area contributed by atoms with E-state index in [4.69, 9.17) is 9.90 Å². The van der Waals surface area contributed by atoms with Crippen molar-refractivity contribution in [3.8, 4) is 11.3 Å². The van der Waals surface area contributed by atoms with Crippen LogP contribution in [0.4, 0.5) is 29.3 Å². The van der Waals surface area contributed by atoms with E-state index in [0.29, 0.717) is 16.9 Å². The number of rotatable bonds is 5. The Balaban J connectivity index is 0.000000532. The molecule has 13 heteroatoms. The Kier molecular flexibility index (Phi) is 8.86. The minimum atomic E-state index is -5.08. The molecule has 0 fully saturated rings. The van der Waals surface area contributed by atoms with Crippen molar-refractivity contribution in [1.29, 1.82) is 0 Å². The fraction of sp³-hybridized carbons (Fsp3) is 0.192. The van der Waals surface area contributed by atoms with Gasteiger partial charge in [0, 0.05) is 47.2 Å². The van der Waals surface area contributed by atoms with Gasteiger partial charge in [0.2, 0.25) is 0 Å². The normalized spacial score (nSPS) is 10.9. The van der Waals surface area contributed by atoms with Gasteiger partial charge in [-0.1, -0.05) is 18.2 Å². The van der Waals surface area contributed by atoms with E-state index in [9.17, 15) is 22.8 Å². The lowest BCUT2D eigenvalue weighted by Crippen LogP contribution is -2.30. The number of amides is 3. The van der Waals surface area contributed by atoms with E-state index in [1.165, 1.54) is 0 Å². The molecule has 0 saturated heterocycles. The summed E-state index contributed by atoms with van der Waals surface area (Å²) < 4.78 is 33.7. The van der Waals surface area contributed by atoms with Gasteiger partial charge in [-0.2, -0.15) is 13.2 Å². The van der Waals surface area contributed by atoms with Gasteiger partial charge in [-0.25, -0.2) is 19.6 Å². The first kappa shape index (κ1) is 28.6. The lowest BCUT2D eigenvalue weighted by atomic mass is 10.1. The van der Waals surface area contributed by atoms with Gasteiger partial charge in [0.1, 0.15) is 12.0 Å². The number of carboxylic acid groups (broad SMARTS) is 1. The molecule has 2 heterocycles. The highest BCUT2D eigenvalue weighted by Crippen LogP contribution is 2.26. The highest BCUT2D eigenvalue weighted by Gasteiger charge is 2.38. The number of aromatic nitrogens is 3. The summed E-state index contributed by atoms with van der Waals surface area (Å²) in [5, 5.41) is 16.5. The number of aryl methyl sites for hydroxylation is 1. The standard InChI is InChI=1S/C24H24N6O2.C2HF3O2/c1-15(2)27-23(31)17-5-4-6-19(13-17)29-24(32)28-18-9-7-16(8-10-18)21-20-11-12-30(3)22(20)26-14-25-21;3-2(4,5)1(6)7/h4-15H,1-3H3,(H,27,31)(H2,28,29,32);(H,6,7). The Morgan fingerprint density at radius 3 is 2.21 bits per heavy atom. The quantitative estimate of drug-likeness (QED) is 0.278. The molecule has 0 aliphatic rings. The van der Waals surface area contributed by atoms with Gasteiger partial charge < -0.3 is 25.6 Å². The maximum absolute atomic E-state index is 12.4. The second kappa shape index (κ2) is 12.1. The smallest absolute Gasteiger partial charge is 0.475 e. The lowest BCUT2D eigenvalue weighted by molar-refractivity contribution is -0.192. The van der Waals surface area contributed by atoms with E-state index in [-0.39, 0.29) is 11.9 Å². The molecule has 0 spiro atoms. The molecule has 0 atom stereocenters. The number of anilines is 2. The predicted octanol–water partition coefficient (Wildman–Crippen LogP) is 5.05. The number of hydrogen-bond acceptors (Lipinski definition) is 5. The number of hydrogen-bond donors (Lipinski definition) is 4. The molecule has 0 bridgehead atoms. The zero-order chi connectivity index (χ0) is 28.7. The summed E-state index contributed by atoms with van der Waals surface area (Å²) in [4.78, 5) is 42.2. The summed E-state index contributed by atoms with van der Waals surface area (Å²) in [5.74, 6) is -2.94. The maximum atomic E-state index is 12.4. The third kappa shape index (κ3) is 7.77. The average Bonchev–Trinajstić information content (AvgIpc) is 3.25. The molecule has 4 rings (SSSR count). The number of aliphatic carboxylic acids is 1. The molecule has 2 aromatic carbocycles. The van der Waals surface area contributed by atoms with Gasteiger partial charge in [0.15, 0.2) is 0 Å². The highest BCUT2D eigenvalue weighted by atomic mass is 19.4. The number of carbonyl (C=O) groups excluding carboxylic acids is 2. The van der Waals surface area contributed by atoms with Gasteiger partial charge >= 0.3 is 18.2 Å². The molecule has 0 aliphatic heterocycles. The zero-order valence-electron chi connectivity index (χ0n) is 21.1. The van der Waals surface area contributed by atoms with Crippen LogP contribution in [0.15, 0.2) is 67.1 Å². The molecular weight excluding hydrogens is 517 g/mol. The first-order chi connectivity index (χ1) is 18.3. The van der Waals surface area contributed by atoms with Crippen molar-refractivity contribution >= 4 is 40.3 Å². The Bertz CT molecular complexity index is 1480. The summed E-state index contributed by atoms with van der Waals surface area (Å²) in [6.45, 7) is 3.79. The largest absolute Gasteiger partial charge is 0.490 e. The van der Waals surface area contributed by atoms with Crippen molar-refractivity contribution in [1.82, 2.24) is 19.9 Å². The van der Waals surface area contributed by atoms with Crippen molar-refractivity contribution in [3.05, 3.63) is 72.7 Å². The topological polar surface area (TPSA) is 138 Å². The van der Waals surface area contributed by atoms with E-state index in [1.807, 2.05) is 62.0 Å². The van der Waals surface area contributed by atoms with Crippen LogP contribution in [0.3, 0.4) is 0 Å². The molecule has 0 radical (unpaired) electrons. The van der Waals surface area contributed by atoms with Crippen LogP contribution in [-0.2, 0) is 11.8 Å². The number of benzene rings is 2. The zero-order valence-corrected chi connectivity index (χ0v) is 21.1. The first-order valence-corrected chi connectivity index (χ1v) is 11.5. The van der Waals surface area contributed by atoms with Crippen molar-refractivity contribution in [2.24, 2.45) is 7.05 Å². The minimum Gasteiger partial charge on any atom is -0.475 e. The van der Waals surface area contributed by atoms with Crippen LogP contribution in [0.1, 0.15) is 24.2 Å². The Hall–Kier alpha value is -4.94. The second-order valence-corrected chi connectivity index (χ2v) is 8.55. The second-order valence-electron chi connectivity index (χ2n) is 8.55.